The van der Waals surface area contributed by atoms with Crippen LogP contribution in [0.5, 0.6) is 5.75 Å². The molecule has 2 N–H and O–H groups in total. The summed E-state index contributed by atoms with van der Waals surface area (Å²) in [4.78, 5) is 54.8. The topological polar surface area (TPSA) is 123 Å². The Labute approximate surface area is 237 Å². The number of ether oxygens (including phenoxy) is 1. The summed E-state index contributed by atoms with van der Waals surface area (Å²) < 4.78 is 8.80. The number of benzene rings is 2. The van der Waals surface area contributed by atoms with Gasteiger partial charge in [0.2, 0.25) is 0 Å². The number of aryl methyl sites for hydroxylation is 1. The number of nitrogens with one attached hydrogen (secondary N) is 1. The van der Waals surface area contributed by atoms with Crippen LogP contribution in [0.15, 0.2) is 59.4 Å². The number of aliphatic hydroxyl groups is 1. The van der Waals surface area contributed by atoms with Crippen molar-refractivity contribution in [2.75, 3.05) is 20.2 Å². The molecule has 1 saturated heterocycles. The molecule has 0 radical (unpaired) electrons. The average Bonchev–Trinajstić information content (AvgIpc) is 3.27. The average molecular weight is 559 g/mol. The fraction of sp³-hybridized carbons (Fsp3) is 0.355. The summed E-state index contributed by atoms with van der Waals surface area (Å²) in [6.07, 6.45) is 1.05. The summed E-state index contributed by atoms with van der Waals surface area (Å²) in [5.74, 6) is -0.805. The van der Waals surface area contributed by atoms with Crippen molar-refractivity contribution >= 4 is 39.4 Å². The highest BCUT2D eigenvalue weighted by atomic mass is 16.5. The smallest absolute Gasteiger partial charge is 0.272 e. The molecule has 41 heavy (non-hydrogen) atoms. The SMILES string of the molecule is COc1c(C(=O)NC2CCN(C(=O)C(C)(C)O)CC2)n(C)c2c1c(=O)n(CC(=O)c1ccccc1)c1ccccc21. The quantitative estimate of drug-likeness (QED) is 0.337. The second-order valence-electron chi connectivity index (χ2n) is 11.0. The summed E-state index contributed by atoms with van der Waals surface area (Å²) in [6.45, 7) is 3.58. The monoisotopic (exact) mass is 558 g/mol. The van der Waals surface area contributed by atoms with Gasteiger partial charge in [-0.05, 0) is 32.8 Å². The van der Waals surface area contributed by atoms with E-state index in [1.165, 1.54) is 25.5 Å². The molecule has 10 heteroatoms. The van der Waals surface area contributed by atoms with Gasteiger partial charge in [-0.3, -0.25) is 23.7 Å². The molecule has 1 fully saturated rings. The van der Waals surface area contributed by atoms with Gasteiger partial charge in [-0.25, -0.2) is 0 Å². The van der Waals surface area contributed by atoms with Gasteiger partial charge in [0.25, 0.3) is 17.4 Å². The van der Waals surface area contributed by atoms with E-state index in [2.05, 4.69) is 5.32 Å². The molecule has 214 valence electrons. The summed E-state index contributed by atoms with van der Waals surface area (Å²) in [7, 11) is 3.14. The molecule has 0 unspecified atom stereocenters. The molecule has 5 rings (SSSR count). The number of Topliss-reactive ketones (excluding diaryl/α,β-unsaturated/α-hetero) is 1. The summed E-state index contributed by atoms with van der Waals surface area (Å²) in [5.41, 5.74) is -0.0535. The molecule has 0 atom stereocenters. The minimum Gasteiger partial charge on any atom is -0.493 e. The number of para-hydroxylation sites is 1. The first-order valence-electron chi connectivity index (χ1n) is 13.6. The largest absolute Gasteiger partial charge is 0.493 e. The van der Waals surface area contributed by atoms with E-state index in [9.17, 15) is 24.3 Å². The van der Waals surface area contributed by atoms with Crippen LogP contribution in [-0.4, -0.2) is 68.6 Å². The van der Waals surface area contributed by atoms with Gasteiger partial charge in [-0.15, -0.1) is 0 Å². The van der Waals surface area contributed by atoms with Crippen molar-refractivity contribution in [3.63, 3.8) is 0 Å². The molecule has 2 aromatic carbocycles. The van der Waals surface area contributed by atoms with Crippen LogP contribution in [0.2, 0.25) is 0 Å². The Hall–Kier alpha value is -4.44. The van der Waals surface area contributed by atoms with E-state index >= 15 is 0 Å². The van der Waals surface area contributed by atoms with Gasteiger partial charge in [-0.2, -0.15) is 0 Å². The highest BCUT2D eigenvalue weighted by Crippen LogP contribution is 2.35. The highest BCUT2D eigenvalue weighted by Gasteiger charge is 2.34. The molecule has 1 aliphatic rings. The van der Waals surface area contributed by atoms with Crippen LogP contribution in [0.4, 0.5) is 0 Å². The number of nitrogens with zero attached hydrogens (tertiary/aromatic N) is 3. The number of hydrogen-bond donors (Lipinski definition) is 2. The molecule has 0 bridgehead atoms. The van der Waals surface area contributed by atoms with E-state index in [-0.39, 0.29) is 41.1 Å². The molecule has 0 saturated carbocycles. The van der Waals surface area contributed by atoms with Gasteiger partial charge in [0.15, 0.2) is 17.2 Å². The zero-order valence-electron chi connectivity index (χ0n) is 23.6. The first-order chi connectivity index (χ1) is 19.5. The van der Waals surface area contributed by atoms with Crippen LogP contribution < -0.4 is 15.6 Å². The Kier molecular flexibility index (Phi) is 7.44. The number of rotatable bonds is 7. The Morgan fingerprint density at radius 1 is 1.02 bits per heavy atom. The number of amides is 2. The molecule has 0 spiro atoms. The third-order valence-corrected chi connectivity index (χ3v) is 7.72. The van der Waals surface area contributed by atoms with Gasteiger partial charge in [0.05, 0.1) is 24.7 Å². The van der Waals surface area contributed by atoms with Crippen LogP contribution in [0.25, 0.3) is 21.8 Å². The Morgan fingerprint density at radius 2 is 1.66 bits per heavy atom. The zero-order valence-corrected chi connectivity index (χ0v) is 23.6. The van der Waals surface area contributed by atoms with Crippen LogP contribution in [0, 0.1) is 0 Å². The first kappa shape index (κ1) is 28.1. The number of methoxy groups -OCH3 is 1. The maximum Gasteiger partial charge on any atom is 0.272 e. The summed E-state index contributed by atoms with van der Waals surface area (Å²) in [5, 5.41) is 14.0. The second kappa shape index (κ2) is 10.9. The number of piperidine rings is 1. The van der Waals surface area contributed by atoms with E-state index in [1.807, 2.05) is 18.2 Å². The molecule has 2 amide bonds. The van der Waals surface area contributed by atoms with Crippen LogP contribution >= 0.6 is 0 Å². The normalized spacial score (nSPS) is 14.4. The lowest BCUT2D eigenvalue weighted by molar-refractivity contribution is -0.148. The first-order valence-corrected chi connectivity index (χ1v) is 13.6. The summed E-state index contributed by atoms with van der Waals surface area (Å²) >= 11 is 0. The third kappa shape index (κ3) is 5.11. The molecule has 2 aromatic heterocycles. The second-order valence-corrected chi connectivity index (χ2v) is 11.0. The van der Waals surface area contributed by atoms with Crippen molar-refractivity contribution in [1.82, 2.24) is 19.4 Å². The van der Waals surface area contributed by atoms with Gasteiger partial charge >= 0.3 is 0 Å². The molecular weight excluding hydrogens is 524 g/mol. The van der Waals surface area contributed by atoms with Gasteiger partial charge in [0, 0.05) is 37.1 Å². The van der Waals surface area contributed by atoms with Crippen molar-refractivity contribution in [3.8, 4) is 5.75 Å². The van der Waals surface area contributed by atoms with Crippen LogP contribution in [-0.2, 0) is 18.4 Å². The fourth-order valence-electron chi connectivity index (χ4n) is 5.66. The van der Waals surface area contributed by atoms with E-state index in [1.54, 1.807) is 52.9 Å². The maximum atomic E-state index is 14.0. The number of likely N-dealkylation sites (tertiary alicyclic amines) is 1. The van der Waals surface area contributed by atoms with E-state index < -0.39 is 17.1 Å². The molecule has 1 aliphatic heterocycles. The lowest BCUT2D eigenvalue weighted by Crippen LogP contribution is -2.51. The van der Waals surface area contributed by atoms with Gasteiger partial charge < -0.3 is 24.6 Å². The molecule has 10 nitrogen and oxygen atoms in total. The van der Waals surface area contributed by atoms with E-state index in [0.29, 0.717) is 47.9 Å². The predicted octanol–water partition coefficient (Wildman–Crippen LogP) is 2.88. The molecule has 3 heterocycles. The lowest BCUT2D eigenvalue weighted by atomic mass is 10.0. The van der Waals surface area contributed by atoms with Gasteiger partial charge in [-0.1, -0.05) is 48.5 Å². The van der Waals surface area contributed by atoms with Crippen LogP contribution in [0.3, 0.4) is 0 Å². The van der Waals surface area contributed by atoms with Crippen molar-refractivity contribution in [3.05, 3.63) is 76.2 Å². The highest BCUT2D eigenvalue weighted by molar-refractivity contribution is 6.12. The van der Waals surface area contributed by atoms with Crippen molar-refractivity contribution in [1.29, 1.82) is 0 Å². The van der Waals surface area contributed by atoms with E-state index in [0.717, 1.165) is 0 Å². The van der Waals surface area contributed by atoms with Crippen LogP contribution in [0.1, 0.15) is 47.5 Å². The molecular formula is C31H34N4O6. The lowest BCUT2D eigenvalue weighted by Gasteiger charge is -2.35. The minimum atomic E-state index is -1.45. The van der Waals surface area contributed by atoms with Crippen molar-refractivity contribution in [2.24, 2.45) is 7.05 Å². The van der Waals surface area contributed by atoms with Gasteiger partial charge in [0.1, 0.15) is 11.0 Å². The number of aromatic nitrogens is 2. The maximum absolute atomic E-state index is 14.0. The summed E-state index contributed by atoms with van der Waals surface area (Å²) in [6, 6.07) is 15.9. The standard InChI is InChI=1S/C31H34N4O6/c1-31(2,40)30(39)34-16-14-20(15-17-34)32-28(37)26-27(41-4)24-25(33(26)3)21-12-8-9-13-22(21)35(29(24)38)18-23(36)19-10-6-5-7-11-19/h5-13,20,40H,14-18H2,1-4H3,(H,32,37). The Balaban J connectivity index is 1.52. The number of carbonyl (C=O) groups excluding carboxylic acids is 3. The minimum absolute atomic E-state index is 0.145. The Morgan fingerprint density at radius 3 is 2.29 bits per heavy atom. The fourth-order valence-corrected chi connectivity index (χ4v) is 5.66. The molecule has 0 aliphatic carbocycles. The number of pyridine rings is 1. The van der Waals surface area contributed by atoms with Crippen molar-refractivity contribution < 1.29 is 24.2 Å². The molecule has 4 aromatic rings. The number of hydrogen-bond acceptors (Lipinski definition) is 6. The third-order valence-electron chi connectivity index (χ3n) is 7.72. The Bertz CT molecular complexity index is 1710. The number of fused-ring (bicyclic) bond motifs is 3. The number of ketones is 1. The predicted molar refractivity (Wildman–Crippen MR) is 155 cm³/mol. The van der Waals surface area contributed by atoms with Crippen molar-refractivity contribution in [2.45, 2.75) is 44.9 Å². The zero-order chi connectivity index (χ0) is 29.5. The van der Waals surface area contributed by atoms with E-state index in [4.69, 9.17) is 4.74 Å². The number of carbonyl (C=O) groups is 3.